The van der Waals surface area contributed by atoms with Gasteiger partial charge in [0.1, 0.15) is 23.3 Å². The molecule has 0 radical (unpaired) electrons. The summed E-state index contributed by atoms with van der Waals surface area (Å²) in [6, 6.07) is 14.0. The lowest BCUT2D eigenvalue weighted by Crippen LogP contribution is -2.04. The summed E-state index contributed by atoms with van der Waals surface area (Å²) in [5.41, 5.74) is 7.22. The second kappa shape index (κ2) is 7.16. The molecule has 0 amide bonds. The third kappa shape index (κ3) is 3.52. The molecule has 0 aliphatic rings. The average molecular weight is 426 g/mol. The van der Waals surface area contributed by atoms with E-state index in [-0.39, 0.29) is 23.1 Å². The van der Waals surface area contributed by atoms with Gasteiger partial charge in [-0.3, -0.25) is 4.98 Å². The zero-order chi connectivity index (χ0) is 18.8. The van der Waals surface area contributed by atoms with Crippen molar-refractivity contribution in [2.75, 3.05) is 11.1 Å². The second-order valence-electron chi connectivity index (χ2n) is 5.62. The molecule has 8 heteroatoms. The van der Waals surface area contributed by atoms with Crippen molar-refractivity contribution < 1.29 is 9.13 Å². The van der Waals surface area contributed by atoms with Gasteiger partial charge in [0, 0.05) is 16.1 Å². The number of fused-ring (bicyclic) bond motifs is 1. The fraction of sp³-hybridized carbons (Fsp3) is 0. The van der Waals surface area contributed by atoms with Crippen LogP contribution in [0.5, 0.6) is 11.6 Å². The maximum absolute atomic E-state index is 14.1. The molecule has 4 aromatic rings. The van der Waals surface area contributed by atoms with E-state index in [0.29, 0.717) is 15.7 Å². The van der Waals surface area contributed by atoms with Gasteiger partial charge in [-0.05, 0) is 30.3 Å². The van der Waals surface area contributed by atoms with Crippen molar-refractivity contribution in [1.82, 2.24) is 15.0 Å². The quantitative estimate of drug-likeness (QED) is 0.475. The molecule has 0 saturated carbocycles. The highest BCUT2D eigenvalue weighted by Gasteiger charge is 2.14. The highest BCUT2D eigenvalue weighted by molar-refractivity contribution is 9.10. The normalized spacial score (nSPS) is 10.7. The molecule has 134 valence electrons. The largest absolute Gasteiger partial charge is 0.435 e. The number of hydrogen-bond donors (Lipinski definition) is 2. The van der Waals surface area contributed by atoms with Gasteiger partial charge in [-0.15, -0.1) is 0 Å². The van der Waals surface area contributed by atoms with Crippen molar-refractivity contribution in [3.05, 3.63) is 71.3 Å². The lowest BCUT2D eigenvalue weighted by Gasteiger charge is -2.13. The van der Waals surface area contributed by atoms with E-state index in [2.05, 4.69) is 36.2 Å². The Hall–Kier alpha value is -3.26. The molecular weight excluding hydrogens is 413 g/mol. The minimum atomic E-state index is -0.442. The Bertz CT molecular complexity index is 1130. The Morgan fingerprint density at radius 2 is 1.89 bits per heavy atom. The number of nitrogen functional groups attached to an aromatic ring is 1. The van der Waals surface area contributed by atoms with Gasteiger partial charge >= 0.3 is 0 Å². The predicted octanol–water partition coefficient (Wildman–Crippen LogP) is 5.04. The monoisotopic (exact) mass is 425 g/mol. The summed E-state index contributed by atoms with van der Waals surface area (Å²) < 4.78 is 20.6. The van der Waals surface area contributed by atoms with Crippen LogP contribution in [-0.4, -0.2) is 15.0 Å². The van der Waals surface area contributed by atoms with Gasteiger partial charge in [-0.2, -0.15) is 4.98 Å². The van der Waals surface area contributed by atoms with Gasteiger partial charge in [0.2, 0.25) is 5.88 Å². The Balaban J connectivity index is 1.67. The van der Waals surface area contributed by atoms with Crippen LogP contribution in [0.1, 0.15) is 0 Å². The maximum atomic E-state index is 14.1. The van der Waals surface area contributed by atoms with Gasteiger partial charge in [0.05, 0.1) is 5.69 Å². The van der Waals surface area contributed by atoms with Crippen molar-refractivity contribution in [2.24, 2.45) is 0 Å². The van der Waals surface area contributed by atoms with Crippen molar-refractivity contribution in [3.63, 3.8) is 0 Å². The number of halogens is 2. The molecule has 0 aliphatic heterocycles. The number of para-hydroxylation sites is 1. The predicted molar refractivity (Wildman–Crippen MR) is 106 cm³/mol. The number of nitrogens with zero attached hydrogens (tertiary/aromatic N) is 3. The van der Waals surface area contributed by atoms with Gasteiger partial charge in [0.15, 0.2) is 11.6 Å². The number of aromatic nitrogens is 3. The number of pyridine rings is 1. The first kappa shape index (κ1) is 17.2. The third-order valence-corrected chi connectivity index (χ3v) is 4.33. The highest BCUT2D eigenvalue weighted by atomic mass is 79.9. The van der Waals surface area contributed by atoms with Crippen LogP contribution < -0.4 is 15.8 Å². The summed E-state index contributed by atoms with van der Waals surface area (Å²) in [7, 11) is 0. The molecule has 0 spiro atoms. The molecule has 0 aliphatic carbocycles. The molecule has 2 heterocycles. The molecule has 0 fully saturated rings. The molecule has 0 saturated heterocycles. The zero-order valence-corrected chi connectivity index (χ0v) is 15.4. The maximum Gasteiger partial charge on any atom is 0.248 e. The molecule has 2 aromatic heterocycles. The summed E-state index contributed by atoms with van der Waals surface area (Å²) in [6.07, 6.45) is 2.98. The number of anilines is 3. The van der Waals surface area contributed by atoms with Crippen molar-refractivity contribution >= 4 is 44.0 Å². The number of ether oxygens (including phenoxy) is 1. The lowest BCUT2D eigenvalue weighted by molar-refractivity contribution is 0.469. The summed E-state index contributed by atoms with van der Waals surface area (Å²) in [5.74, 6) is 0.472. The Morgan fingerprint density at radius 3 is 2.74 bits per heavy atom. The fourth-order valence-electron chi connectivity index (χ4n) is 2.54. The number of hydrogen-bond acceptors (Lipinski definition) is 6. The van der Waals surface area contributed by atoms with Crippen LogP contribution in [0.2, 0.25) is 0 Å². The molecule has 3 N–H and O–H groups in total. The van der Waals surface area contributed by atoms with Gasteiger partial charge in [0.25, 0.3) is 0 Å². The van der Waals surface area contributed by atoms with Crippen molar-refractivity contribution in [3.8, 4) is 11.6 Å². The third-order valence-electron chi connectivity index (χ3n) is 3.83. The van der Waals surface area contributed by atoms with Crippen LogP contribution in [0, 0.1) is 5.82 Å². The SMILES string of the molecule is Nc1c(Nc2ccc(Br)cc2F)ncnc1Oc1cccc2cccnc12. The van der Waals surface area contributed by atoms with E-state index >= 15 is 0 Å². The first-order valence-corrected chi connectivity index (χ1v) is 8.75. The summed E-state index contributed by atoms with van der Waals surface area (Å²) in [6.45, 7) is 0. The molecule has 0 bridgehead atoms. The van der Waals surface area contributed by atoms with Crippen molar-refractivity contribution in [1.29, 1.82) is 0 Å². The minimum Gasteiger partial charge on any atom is -0.435 e. The topological polar surface area (TPSA) is 86.0 Å². The lowest BCUT2D eigenvalue weighted by atomic mass is 10.2. The smallest absolute Gasteiger partial charge is 0.248 e. The summed E-state index contributed by atoms with van der Waals surface area (Å²) in [4.78, 5) is 12.5. The Morgan fingerprint density at radius 1 is 1.04 bits per heavy atom. The second-order valence-corrected chi connectivity index (χ2v) is 6.54. The molecule has 2 aromatic carbocycles. The summed E-state index contributed by atoms with van der Waals surface area (Å²) >= 11 is 3.22. The van der Waals surface area contributed by atoms with Crippen LogP contribution in [0.15, 0.2) is 65.5 Å². The fourth-order valence-corrected chi connectivity index (χ4v) is 2.87. The van der Waals surface area contributed by atoms with Crippen LogP contribution in [0.25, 0.3) is 10.9 Å². The molecular formula is C19H13BrFN5O. The van der Waals surface area contributed by atoms with Gasteiger partial charge in [-0.25, -0.2) is 9.37 Å². The summed E-state index contributed by atoms with van der Waals surface area (Å²) in [5, 5.41) is 3.79. The number of benzene rings is 2. The number of nitrogens with one attached hydrogen (secondary N) is 1. The van der Waals surface area contributed by atoms with E-state index in [4.69, 9.17) is 10.5 Å². The first-order chi connectivity index (χ1) is 13.1. The molecule has 0 unspecified atom stereocenters. The zero-order valence-electron chi connectivity index (χ0n) is 13.9. The molecule has 27 heavy (non-hydrogen) atoms. The first-order valence-electron chi connectivity index (χ1n) is 7.96. The molecule has 0 atom stereocenters. The van der Waals surface area contributed by atoms with Crippen LogP contribution in [0.4, 0.5) is 21.6 Å². The van der Waals surface area contributed by atoms with Crippen LogP contribution in [0.3, 0.4) is 0 Å². The average Bonchev–Trinajstić information content (AvgIpc) is 2.67. The molecule has 4 rings (SSSR count). The van der Waals surface area contributed by atoms with E-state index in [9.17, 15) is 4.39 Å². The van der Waals surface area contributed by atoms with E-state index in [1.807, 2.05) is 24.3 Å². The van der Waals surface area contributed by atoms with Crippen LogP contribution >= 0.6 is 15.9 Å². The van der Waals surface area contributed by atoms with E-state index < -0.39 is 5.82 Å². The number of rotatable bonds is 4. The van der Waals surface area contributed by atoms with Gasteiger partial charge in [-0.1, -0.05) is 34.1 Å². The van der Waals surface area contributed by atoms with E-state index in [0.717, 1.165) is 5.39 Å². The van der Waals surface area contributed by atoms with E-state index in [1.54, 1.807) is 24.4 Å². The van der Waals surface area contributed by atoms with Crippen LogP contribution in [-0.2, 0) is 0 Å². The Kier molecular flexibility index (Phi) is 4.55. The Labute approximate surface area is 162 Å². The standard InChI is InChI=1S/C19H13BrFN5O/c20-12-6-7-14(13(21)9-12)26-18-16(22)19(25-10-24-18)27-15-5-1-3-11-4-2-8-23-17(11)15/h1-10H,22H2,(H,24,25,26). The van der Waals surface area contributed by atoms with Crippen molar-refractivity contribution in [2.45, 2.75) is 0 Å². The van der Waals surface area contributed by atoms with Gasteiger partial charge < -0.3 is 15.8 Å². The minimum absolute atomic E-state index is 0.156. The van der Waals surface area contributed by atoms with E-state index in [1.165, 1.54) is 12.4 Å². The highest BCUT2D eigenvalue weighted by Crippen LogP contribution is 2.34. The molecule has 6 nitrogen and oxygen atoms in total. The number of nitrogens with two attached hydrogens (primary N) is 1.